The first-order valence-electron chi connectivity index (χ1n) is 6.89. The molecule has 1 amide bonds. The molecule has 114 valence electrons. The highest BCUT2D eigenvalue weighted by Gasteiger charge is 2.32. The number of hydrogen-bond donors (Lipinski definition) is 1. The molecule has 0 aliphatic carbocycles. The van der Waals surface area contributed by atoms with Crippen molar-refractivity contribution >= 4 is 17.3 Å². The van der Waals surface area contributed by atoms with Crippen LogP contribution in [0.5, 0.6) is 0 Å². The zero-order valence-electron chi connectivity index (χ0n) is 12.0. The minimum absolute atomic E-state index is 0.00275. The zero-order chi connectivity index (χ0) is 15.7. The third kappa shape index (κ3) is 2.81. The van der Waals surface area contributed by atoms with Gasteiger partial charge in [0.25, 0.3) is 11.6 Å². The van der Waals surface area contributed by atoms with Crippen LogP contribution in [0.1, 0.15) is 43.5 Å². The third-order valence-electron chi connectivity index (χ3n) is 3.98. The molecule has 0 bridgehead atoms. The van der Waals surface area contributed by atoms with Crippen LogP contribution in [0, 0.1) is 15.9 Å². The molecule has 7 heteroatoms. The minimum atomic E-state index is -0.837. The van der Waals surface area contributed by atoms with Crippen molar-refractivity contribution in [3.8, 4) is 0 Å². The number of carbonyl (C=O) groups excluding carboxylic acids is 1. The first kappa shape index (κ1) is 15.2. The molecule has 1 saturated heterocycles. The van der Waals surface area contributed by atoms with Crippen LogP contribution in [0.4, 0.5) is 15.8 Å². The monoisotopic (exact) mass is 295 g/mol. The van der Waals surface area contributed by atoms with Gasteiger partial charge in [-0.3, -0.25) is 14.9 Å². The Morgan fingerprint density at radius 3 is 2.48 bits per heavy atom. The van der Waals surface area contributed by atoms with Gasteiger partial charge in [0.15, 0.2) is 0 Å². The van der Waals surface area contributed by atoms with E-state index in [0.29, 0.717) is 0 Å². The van der Waals surface area contributed by atoms with Crippen molar-refractivity contribution in [3.63, 3.8) is 0 Å². The summed E-state index contributed by atoms with van der Waals surface area (Å²) in [5, 5.41) is 10.9. The number of anilines is 1. The van der Waals surface area contributed by atoms with Crippen LogP contribution in [-0.4, -0.2) is 27.8 Å². The number of nitrogens with zero attached hydrogens (tertiary/aromatic N) is 2. The first-order chi connectivity index (χ1) is 9.82. The van der Waals surface area contributed by atoms with E-state index in [1.807, 2.05) is 13.8 Å². The SMILES string of the molecule is CC1CCCC(C)N1C(=O)c1cc(F)cc([N+](=O)[O-])c1N. The lowest BCUT2D eigenvalue weighted by Gasteiger charge is -2.39. The summed E-state index contributed by atoms with van der Waals surface area (Å²) in [7, 11) is 0. The van der Waals surface area contributed by atoms with Gasteiger partial charge < -0.3 is 10.6 Å². The summed E-state index contributed by atoms with van der Waals surface area (Å²) < 4.78 is 13.6. The molecule has 6 nitrogen and oxygen atoms in total. The number of likely N-dealkylation sites (tertiary alicyclic amines) is 1. The second-order valence-electron chi connectivity index (χ2n) is 5.48. The lowest BCUT2D eigenvalue weighted by molar-refractivity contribution is -0.384. The molecule has 1 aromatic rings. The minimum Gasteiger partial charge on any atom is -0.393 e. The predicted molar refractivity (Wildman–Crippen MR) is 76.4 cm³/mol. The first-order valence-corrected chi connectivity index (χ1v) is 6.89. The average molecular weight is 295 g/mol. The van der Waals surface area contributed by atoms with Crippen LogP contribution in [0.3, 0.4) is 0 Å². The lowest BCUT2D eigenvalue weighted by atomic mass is 9.96. The Morgan fingerprint density at radius 2 is 1.95 bits per heavy atom. The van der Waals surface area contributed by atoms with E-state index in [0.717, 1.165) is 31.4 Å². The van der Waals surface area contributed by atoms with Gasteiger partial charge in [-0.25, -0.2) is 4.39 Å². The predicted octanol–water partition coefficient (Wildman–Crippen LogP) is 2.72. The van der Waals surface area contributed by atoms with Crippen molar-refractivity contribution in [3.05, 3.63) is 33.6 Å². The number of halogens is 1. The Balaban J connectivity index is 2.45. The third-order valence-corrected chi connectivity index (χ3v) is 3.98. The van der Waals surface area contributed by atoms with Gasteiger partial charge >= 0.3 is 0 Å². The number of nitro benzene ring substituents is 1. The van der Waals surface area contributed by atoms with Crippen molar-refractivity contribution in [1.29, 1.82) is 0 Å². The molecule has 0 radical (unpaired) electrons. The Kier molecular flexibility index (Phi) is 4.11. The molecule has 1 heterocycles. The van der Waals surface area contributed by atoms with Crippen molar-refractivity contribution in [2.45, 2.75) is 45.2 Å². The molecule has 0 saturated carbocycles. The van der Waals surface area contributed by atoms with Gasteiger partial charge in [-0.05, 0) is 39.2 Å². The highest BCUT2D eigenvalue weighted by molar-refractivity contribution is 6.01. The number of benzene rings is 1. The Morgan fingerprint density at radius 1 is 1.38 bits per heavy atom. The normalized spacial score (nSPS) is 22.1. The van der Waals surface area contributed by atoms with E-state index < -0.39 is 22.3 Å². The number of carbonyl (C=O) groups is 1. The summed E-state index contributed by atoms with van der Waals surface area (Å²) in [5.41, 5.74) is 4.70. The molecule has 2 unspecified atom stereocenters. The van der Waals surface area contributed by atoms with Gasteiger partial charge in [-0.15, -0.1) is 0 Å². The fraction of sp³-hybridized carbons (Fsp3) is 0.500. The summed E-state index contributed by atoms with van der Waals surface area (Å²) in [4.78, 5) is 24.4. The number of nitro groups is 1. The molecule has 0 spiro atoms. The summed E-state index contributed by atoms with van der Waals surface area (Å²) in [6.45, 7) is 3.83. The van der Waals surface area contributed by atoms with E-state index in [1.165, 1.54) is 0 Å². The average Bonchev–Trinajstić information content (AvgIpc) is 2.40. The van der Waals surface area contributed by atoms with Crippen LogP contribution < -0.4 is 5.73 Å². The molecule has 1 fully saturated rings. The number of rotatable bonds is 2. The van der Waals surface area contributed by atoms with Crippen LogP contribution >= 0.6 is 0 Å². The second-order valence-corrected chi connectivity index (χ2v) is 5.48. The summed E-state index contributed by atoms with van der Waals surface area (Å²) in [5.74, 6) is -1.29. The number of piperidine rings is 1. The summed E-state index contributed by atoms with van der Waals surface area (Å²) >= 11 is 0. The van der Waals surface area contributed by atoms with Gasteiger partial charge in [0, 0.05) is 12.1 Å². The summed E-state index contributed by atoms with van der Waals surface area (Å²) in [6, 6.07) is 1.71. The van der Waals surface area contributed by atoms with Crippen molar-refractivity contribution in [1.82, 2.24) is 4.90 Å². The van der Waals surface area contributed by atoms with Crippen molar-refractivity contribution < 1.29 is 14.1 Å². The van der Waals surface area contributed by atoms with Gasteiger partial charge in [-0.1, -0.05) is 0 Å². The standard InChI is InChI=1S/C14H18FN3O3/c1-8-4-3-5-9(2)17(8)14(19)11-6-10(15)7-12(13(11)16)18(20)21/h6-9H,3-5,16H2,1-2H3. The van der Waals surface area contributed by atoms with Gasteiger partial charge in [0.1, 0.15) is 11.5 Å². The van der Waals surface area contributed by atoms with E-state index >= 15 is 0 Å². The highest BCUT2D eigenvalue weighted by atomic mass is 19.1. The van der Waals surface area contributed by atoms with E-state index in [-0.39, 0.29) is 23.3 Å². The summed E-state index contributed by atoms with van der Waals surface area (Å²) in [6.07, 6.45) is 2.73. The maximum atomic E-state index is 13.6. The van der Waals surface area contributed by atoms with Crippen molar-refractivity contribution in [2.75, 3.05) is 5.73 Å². The van der Waals surface area contributed by atoms with E-state index in [4.69, 9.17) is 5.73 Å². The highest BCUT2D eigenvalue weighted by Crippen LogP contribution is 2.31. The second kappa shape index (κ2) is 5.67. The quantitative estimate of drug-likeness (QED) is 0.516. The molecule has 2 rings (SSSR count). The number of nitrogens with two attached hydrogens (primary N) is 1. The van der Waals surface area contributed by atoms with Crippen LogP contribution in [0.25, 0.3) is 0 Å². The van der Waals surface area contributed by atoms with Crippen molar-refractivity contribution in [2.24, 2.45) is 0 Å². The van der Waals surface area contributed by atoms with E-state index in [9.17, 15) is 19.3 Å². The zero-order valence-corrected chi connectivity index (χ0v) is 12.0. The smallest absolute Gasteiger partial charge is 0.295 e. The van der Waals surface area contributed by atoms with Crippen LogP contribution in [-0.2, 0) is 0 Å². The molecular formula is C14H18FN3O3. The topological polar surface area (TPSA) is 89.5 Å². The molecule has 2 atom stereocenters. The van der Waals surface area contributed by atoms with E-state index in [1.54, 1.807) is 4.90 Å². The molecule has 1 aliphatic heterocycles. The molecule has 21 heavy (non-hydrogen) atoms. The Bertz CT molecular complexity index is 581. The van der Waals surface area contributed by atoms with E-state index in [2.05, 4.69) is 0 Å². The molecule has 0 aromatic heterocycles. The fourth-order valence-corrected chi connectivity index (χ4v) is 2.89. The number of nitrogen functional groups attached to an aromatic ring is 1. The molecule has 1 aliphatic rings. The molecular weight excluding hydrogens is 277 g/mol. The number of hydrogen-bond acceptors (Lipinski definition) is 4. The number of amides is 1. The van der Waals surface area contributed by atoms with Crippen LogP contribution in [0.2, 0.25) is 0 Å². The molecule has 2 N–H and O–H groups in total. The lowest BCUT2D eigenvalue weighted by Crippen LogP contribution is -2.47. The fourth-order valence-electron chi connectivity index (χ4n) is 2.89. The largest absolute Gasteiger partial charge is 0.393 e. The molecule has 1 aromatic carbocycles. The Hall–Kier alpha value is -2.18. The maximum Gasteiger partial charge on any atom is 0.295 e. The van der Waals surface area contributed by atoms with Gasteiger partial charge in [0.2, 0.25) is 0 Å². The van der Waals surface area contributed by atoms with Crippen LogP contribution in [0.15, 0.2) is 12.1 Å². The Labute approximate surface area is 121 Å². The maximum absolute atomic E-state index is 13.6. The van der Waals surface area contributed by atoms with Gasteiger partial charge in [-0.2, -0.15) is 0 Å². The van der Waals surface area contributed by atoms with Gasteiger partial charge in [0.05, 0.1) is 16.6 Å².